The molecule has 2 heterocycles. The van der Waals surface area contributed by atoms with Crippen LogP contribution in [0.2, 0.25) is 0 Å². The van der Waals surface area contributed by atoms with E-state index in [1.54, 1.807) is 6.20 Å². The van der Waals surface area contributed by atoms with E-state index in [0.29, 0.717) is 6.04 Å². The number of hydrogen-bond acceptors (Lipinski definition) is 7. The molecule has 2 aromatic rings. The molecule has 0 saturated heterocycles. The largest absolute Gasteiger partial charge is 0.573 e. The zero-order valence-corrected chi connectivity index (χ0v) is 20.4. The van der Waals surface area contributed by atoms with Gasteiger partial charge in [0.05, 0.1) is 17.6 Å². The number of rotatable bonds is 5. The SMILES string of the molecule is CNC(=O)c1ccc(Nc2ncc3c(n2)N(C2CCCC2)CC(C)(C)CN3C)c(OC(F)(F)F)c1. The minimum Gasteiger partial charge on any atom is -0.404 e. The number of carbonyl (C=O) groups is 1. The maximum Gasteiger partial charge on any atom is 0.573 e. The van der Waals surface area contributed by atoms with Gasteiger partial charge in [0.1, 0.15) is 0 Å². The summed E-state index contributed by atoms with van der Waals surface area (Å²) in [6, 6.07) is 4.16. The topological polar surface area (TPSA) is 82.6 Å². The van der Waals surface area contributed by atoms with E-state index < -0.39 is 18.0 Å². The molecule has 8 nitrogen and oxygen atoms in total. The Labute approximate surface area is 202 Å². The van der Waals surface area contributed by atoms with Crippen molar-refractivity contribution in [2.24, 2.45) is 5.41 Å². The number of carbonyl (C=O) groups excluding carboxylic acids is 1. The first-order valence-corrected chi connectivity index (χ1v) is 11.7. The highest BCUT2D eigenvalue weighted by molar-refractivity contribution is 5.95. The third-order valence-electron chi connectivity index (χ3n) is 6.41. The van der Waals surface area contributed by atoms with Crippen LogP contribution < -0.4 is 25.2 Å². The zero-order valence-electron chi connectivity index (χ0n) is 20.4. The third kappa shape index (κ3) is 5.71. The molecular formula is C24H31F3N6O2. The van der Waals surface area contributed by atoms with Crippen molar-refractivity contribution < 1.29 is 22.7 Å². The molecule has 1 fully saturated rings. The van der Waals surface area contributed by atoms with Crippen molar-refractivity contribution in [3.63, 3.8) is 0 Å². The van der Waals surface area contributed by atoms with Gasteiger partial charge in [0.15, 0.2) is 11.6 Å². The van der Waals surface area contributed by atoms with Crippen LogP contribution in [0.15, 0.2) is 24.4 Å². The lowest BCUT2D eigenvalue weighted by Crippen LogP contribution is -2.42. The number of fused-ring (bicyclic) bond motifs is 1. The van der Waals surface area contributed by atoms with E-state index in [9.17, 15) is 18.0 Å². The third-order valence-corrected chi connectivity index (χ3v) is 6.41. The first-order valence-electron chi connectivity index (χ1n) is 11.7. The summed E-state index contributed by atoms with van der Waals surface area (Å²) < 4.78 is 43.5. The summed E-state index contributed by atoms with van der Waals surface area (Å²) in [7, 11) is 3.40. The molecule has 1 aliphatic carbocycles. The van der Waals surface area contributed by atoms with Gasteiger partial charge in [-0.1, -0.05) is 26.7 Å². The Morgan fingerprint density at radius 2 is 1.91 bits per heavy atom. The molecule has 2 aliphatic rings. The molecule has 1 aliphatic heterocycles. The van der Waals surface area contributed by atoms with Gasteiger partial charge in [-0.15, -0.1) is 13.2 Å². The predicted octanol–water partition coefficient (Wildman–Crippen LogP) is 4.70. The molecule has 11 heteroatoms. The Kier molecular flexibility index (Phi) is 6.70. The lowest BCUT2D eigenvalue weighted by Gasteiger charge is -2.35. The van der Waals surface area contributed by atoms with Crippen LogP contribution in [-0.2, 0) is 0 Å². The van der Waals surface area contributed by atoms with E-state index in [0.717, 1.165) is 43.5 Å². The Morgan fingerprint density at radius 1 is 1.20 bits per heavy atom. The maximum absolute atomic E-state index is 13.1. The predicted molar refractivity (Wildman–Crippen MR) is 128 cm³/mol. The van der Waals surface area contributed by atoms with E-state index >= 15 is 0 Å². The van der Waals surface area contributed by atoms with Crippen LogP contribution in [0.5, 0.6) is 5.75 Å². The molecule has 1 aromatic heterocycles. The van der Waals surface area contributed by atoms with Gasteiger partial charge < -0.3 is 25.2 Å². The van der Waals surface area contributed by atoms with Gasteiger partial charge in [0.2, 0.25) is 5.95 Å². The summed E-state index contributed by atoms with van der Waals surface area (Å²) in [6.07, 6.45) is 1.27. The van der Waals surface area contributed by atoms with Crippen molar-refractivity contribution in [3.05, 3.63) is 30.0 Å². The Morgan fingerprint density at radius 3 is 2.57 bits per heavy atom. The number of hydrogen-bond donors (Lipinski definition) is 2. The molecule has 0 unspecified atom stereocenters. The number of anilines is 4. The highest BCUT2D eigenvalue weighted by Gasteiger charge is 2.36. The van der Waals surface area contributed by atoms with Crippen molar-refractivity contribution in [3.8, 4) is 5.75 Å². The van der Waals surface area contributed by atoms with Crippen molar-refractivity contribution in [1.82, 2.24) is 15.3 Å². The fourth-order valence-corrected chi connectivity index (χ4v) is 4.98. The van der Waals surface area contributed by atoms with Gasteiger partial charge in [-0.2, -0.15) is 4.98 Å². The van der Waals surface area contributed by atoms with Crippen molar-refractivity contribution in [2.75, 3.05) is 42.3 Å². The number of aromatic nitrogens is 2. The quantitative estimate of drug-likeness (QED) is 0.626. The van der Waals surface area contributed by atoms with Gasteiger partial charge in [-0.05, 0) is 36.5 Å². The summed E-state index contributed by atoms with van der Waals surface area (Å²) in [5.41, 5.74) is 0.936. The van der Waals surface area contributed by atoms with Gasteiger partial charge in [-0.25, -0.2) is 4.98 Å². The molecule has 0 radical (unpaired) electrons. The number of amides is 1. The normalized spacial score (nSPS) is 18.1. The molecule has 2 N–H and O–H groups in total. The molecule has 190 valence electrons. The number of ether oxygens (including phenoxy) is 1. The van der Waals surface area contributed by atoms with Gasteiger partial charge >= 0.3 is 6.36 Å². The Balaban J connectivity index is 1.71. The second kappa shape index (κ2) is 9.43. The van der Waals surface area contributed by atoms with Gasteiger partial charge in [-0.3, -0.25) is 4.79 Å². The molecule has 0 spiro atoms. The summed E-state index contributed by atoms with van der Waals surface area (Å²) in [6.45, 7) is 6.08. The van der Waals surface area contributed by atoms with Crippen LogP contribution in [0.1, 0.15) is 49.9 Å². The number of nitrogens with one attached hydrogen (secondary N) is 2. The van der Waals surface area contributed by atoms with Crippen LogP contribution in [0.3, 0.4) is 0 Å². The fourth-order valence-electron chi connectivity index (χ4n) is 4.98. The first-order chi connectivity index (χ1) is 16.5. The van der Waals surface area contributed by atoms with Gasteiger partial charge in [0.25, 0.3) is 5.91 Å². The average molecular weight is 493 g/mol. The molecule has 1 saturated carbocycles. The lowest BCUT2D eigenvalue weighted by molar-refractivity contribution is -0.274. The number of nitrogens with zero attached hydrogens (tertiary/aromatic N) is 4. The molecule has 1 amide bonds. The second-order valence-corrected chi connectivity index (χ2v) is 9.95. The highest BCUT2D eigenvalue weighted by atomic mass is 19.4. The van der Waals surface area contributed by atoms with Crippen LogP contribution in [-0.4, -0.2) is 55.5 Å². The molecule has 4 rings (SSSR count). The van der Waals surface area contributed by atoms with E-state index in [1.807, 2.05) is 7.05 Å². The highest BCUT2D eigenvalue weighted by Crippen LogP contribution is 2.40. The minimum absolute atomic E-state index is 0.00431. The van der Waals surface area contributed by atoms with Crippen molar-refractivity contribution >= 4 is 29.0 Å². The van der Waals surface area contributed by atoms with E-state index in [-0.39, 0.29) is 22.6 Å². The number of halogens is 3. The maximum atomic E-state index is 13.1. The smallest absolute Gasteiger partial charge is 0.404 e. The standard InChI is InChI=1S/C24H31F3N6O2/c1-23(2)13-32(4)18-12-29-22(31-20(18)33(14-23)16-7-5-6-8-16)30-17-10-9-15(21(34)28-3)11-19(17)35-24(25,26)27/h9-12,16H,5-8,13-14H2,1-4H3,(H,28,34)(H,29,30,31). The average Bonchev–Trinajstić information content (AvgIpc) is 3.28. The molecule has 0 atom stereocenters. The minimum atomic E-state index is -4.93. The summed E-state index contributed by atoms with van der Waals surface area (Å²) in [5.74, 6) is -0.145. The lowest BCUT2D eigenvalue weighted by atomic mass is 9.92. The van der Waals surface area contributed by atoms with Crippen LogP contribution >= 0.6 is 0 Å². The summed E-state index contributed by atoms with van der Waals surface area (Å²) in [4.78, 5) is 25.6. The molecule has 0 bridgehead atoms. The Bertz CT molecular complexity index is 1090. The van der Waals surface area contributed by atoms with E-state index in [4.69, 9.17) is 4.98 Å². The summed E-state index contributed by atoms with van der Waals surface area (Å²) in [5, 5.41) is 5.26. The van der Waals surface area contributed by atoms with Crippen LogP contribution in [0.4, 0.5) is 36.3 Å². The van der Waals surface area contributed by atoms with Crippen LogP contribution in [0, 0.1) is 5.41 Å². The van der Waals surface area contributed by atoms with Crippen molar-refractivity contribution in [2.45, 2.75) is 51.9 Å². The van der Waals surface area contributed by atoms with Gasteiger partial charge in [0, 0.05) is 38.8 Å². The number of benzene rings is 1. The molecular weight excluding hydrogens is 461 g/mol. The Hall–Kier alpha value is -3.24. The number of alkyl halides is 3. The zero-order chi connectivity index (χ0) is 25.4. The fraction of sp³-hybridized carbons (Fsp3) is 0.542. The van der Waals surface area contributed by atoms with E-state index in [2.05, 4.69) is 44.0 Å². The molecule has 1 aromatic carbocycles. The van der Waals surface area contributed by atoms with E-state index in [1.165, 1.54) is 32.0 Å². The summed E-state index contributed by atoms with van der Waals surface area (Å²) >= 11 is 0. The monoisotopic (exact) mass is 492 g/mol. The first kappa shape index (κ1) is 24.9. The molecule has 35 heavy (non-hydrogen) atoms. The van der Waals surface area contributed by atoms with Crippen LogP contribution in [0.25, 0.3) is 0 Å². The van der Waals surface area contributed by atoms with Crippen molar-refractivity contribution in [1.29, 1.82) is 0 Å². The second-order valence-electron chi connectivity index (χ2n) is 9.95.